The first-order valence-corrected chi connectivity index (χ1v) is 42.1. The van der Waals surface area contributed by atoms with Crippen LogP contribution in [0.15, 0.2) is 0 Å². The van der Waals surface area contributed by atoms with Crippen LogP contribution in [0.5, 0.6) is 0 Å². The molecule has 0 fully saturated rings. The van der Waals surface area contributed by atoms with Crippen molar-refractivity contribution in [3.63, 3.8) is 0 Å². The van der Waals surface area contributed by atoms with E-state index < -0.39 is 0 Å². The first-order valence-electron chi connectivity index (χ1n) is 42.1. The lowest BCUT2D eigenvalue weighted by molar-refractivity contribution is 0.339. The molecule has 0 saturated heterocycles. The van der Waals surface area contributed by atoms with Gasteiger partial charge < -0.3 is 9.13 Å². The molecule has 0 aromatic carbocycles. The van der Waals surface area contributed by atoms with E-state index in [1.54, 1.807) is 4.68 Å². The molecule has 2 aliphatic heterocycles. The minimum Gasteiger partial charge on any atom is -0.318 e. The molecule has 0 radical (unpaired) electrons. The van der Waals surface area contributed by atoms with Crippen molar-refractivity contribution in [2.24, 2.45) is 28.2 Å². The Kier molecular flexibility index (Phi) is 29.4. The largest absolute Gasteiger partial charge is 0.318 e. The second kappa shape index (κ2) is 35.4. The number of hydrogen-bond acceptors (Lipinski definition) is 19. The summed E-state index contributed by atoms with van der Waals surface area (Å²) in [5, 5.41) is 70.2. The van der Waals surface area contributed by atoms with E-state index in [-0.39, 0.29) is 60.2 Å². The van der Waals surface area contributed by atoms with Crippen LogP contribution in [0.2, 0.25) is 0 Å². The Balaban J connectivity index is 0.000000203. The van der Waals surface area contributed by atoms with E-state index in [0.717, 1.165) is 100 Å². The lowest BCUT2D eigenvalue weighted by Gasteiger charge is -2.21. The maximum absolute atomic E-state index is 4.50. The Morgan fingerprint density at radius 3 is 0.941 bits per heavy atom. The summed E-state index contributed by atoms with van der Waals surface area (Å²) < 4.78 is 21.9. The monoisotopic (exact) mass is 1640 g/mol. The zero-order chi connectivity index (χ0) is 91.3. The predicted molar refractivity (Wildman–Crippen MR) is 477 cm³/mol. The molecule has 0 unspecified atom stereocenters. The summed E-state index contributed by atoms with van der Waals surface area (Å²) in [6, 6.07) is 0. The van der Waals surface area contributed by atoms with Gasteiger partial charge in [-0.05, 0) is 186 Å². The Labute approximate surface area is 713 Å². The quantitative estimate of drug-likeness (QED) is 0.136. The van der Waals surface area contributed by atoms with E-state index in [0.29, 0.717) is 0 Å². The van der Waals surface area contributed by atoms with Crippen LogP contribution < -0.4 is 0 Å². The maximum Gasteiger partial charge on any atom is 0.153 e. The lowest BCUT2D eigenvalue weighted by Crippen LogP contribution is -2.24. The smallest absolute Gasteiger partial charge is 0.153 e. The molecule has 11 aromatic heterocycles. The number of aromatic nitrogens is 30. The van der Waals surface area contributed by atoms with Gasteiger partial charge in [-0.15, -0.1) is 40.8 Å². The molecule has 0 bridgehead atoms. The standard InChI is InChI=1S/C10H18N2.2C9H14N2.5C8H15N3.3C7H11N3/c1-7-8(2)11-12(9(7)3)10(4,5)6;1-9(2,3)8-6-5-7(6)11(4)10-8;1-6-7-5-8(7)11(10-6)9(2,3)4;1-6-9-10-7(11(6)5)8(2,3)4;1-6-9-7(8(2,3)4)11(5)10-6;1-6-7(8(2,3)4)9-10-11(6)5;1-6-9-7(2)11(10-6)8(3,4)5;1-6-7(2)11(10-9-6)8(3,4)5;1-7(2,3)6-9-8-5-4-10(5)6;1-7(2,3)6-5-4-10(5)9-8-6;1-7(2,3)10-6-4-5(6)8-9-10/h1-6H3;2*5H2,1-4H3;5*1-5H3;3*4H2,1-3H3. The highest BCUT2D eigenvalue weighted by molar-refractivity contribution is 5.46. The molecule has 30 nitrogen and oxygen atoms in total. The van der Waals surface area contributed by atoms with Crippen molar-refractivity contribution < 1.29 is 0 Å². The highest BCUT2D eigenvalue weighted by atomic mass is 15.5. The molecule has 3 aliphatic carbocycles. The van der Waals surface area contributed by atoms with Gasteiger partial charge in [0.15, 0.2) is 5.82 Å². The van der Waals surface area contributed by atoms with Crippen molar-refractivity contribution in [3.8, 4) is 0 Å². The molecule has 11 aromatic rings. The second-order valence-corrected chi connectivity index (χ2v) is 43.5. The topological polar surface area (TPSA) is 299 Å². The molecule has 0 amide bonds. The van der Waals surface area contributed by atoms with Gasteiger partial charge in [0.25, 0.3) is 0 Å². The molecule has 30 heteroatoms. The highest BCUT2D eigenvalue weighted by Gasteiger charge is 2.37. The van der Waals surface area contributed by atoms with Gasteiger partial charge >= 0.3 is 0 Å². The fraction of sp³-hybridized carbons (Fsp3) is 0.719. The first kappa shape index (κ1) is 98.6. The molecule has 0 atom stereocenters. The van der Waals surface area contributed by atoms with E-state index in [4.69, 9.17) is 0 Å². The van der Waals surface area contributed by atoms with Crippen LogP contribution in [0, 0.1) is 76.2 Å². The molecular formula is C89H154N30. The number of rotatable bonds is 0. The van der Waals surface area contributed by atoms with Gasteiger partial charge in [0.05, 0.1) is 103 Å². The first-order chi connectivity index (χ1) is 53.7. The van der Waals surface area contributed by atoms with E-state index >= 15 is 0 Å². The molecule has 13 heterocycles. The van der Waals surface area contributed by atoms with Crippen LogP contribution in [0.1, 0.15) is 371 Å². The zero-order valence-corrected chi connectivity index (χ0v) is 83.0. The molecule has 660 valence electrons. The zero-order valence-electron chi connectivity index (χ0n) is 83.0. The average molecular weight is 1640 g/mol. The van der Waals surface area contributed by atoms with Crippen LogP contribution in [0.25, 0.3) is 0 Å². The van der Waals surface area contributed by atoms with Gasteiger partial charge in [-0.3, -0.25) is 23.4 Å². The average Bonchev–Trinajstić information content (AvgIpc) is 1.59. The van der Waals surface area contributed by atoms with Gasteiger partial charge in [0.1, 0.15) is 40.8 Å². The van der Waals surface area contributed by atoms with Crippen LogP contribution in [0.3, 0.4) is 0 Å². The summed E-state index contributed by atoms with van der Waals surface area (Å²) in [5.41, 5.74) is 22.7. The van der Waals surface area contributed by atoms with E-state index in [1.807, 2.05) is 109 Å². The summed E-state index contributed by atoms with van der Waals surface area (Å²) in [4.78, 5) is 8.56. The van der Waals surface area contributed by atoms with Crippen molar-refractivity contribution in [2.75, 3.05) is 0 Å². The maximum atomic E-state index is 4.50. The summed E-state index contributed by atoms with van der Waals surface area (Å²) >= 11 is 0. The SMILES string of the molecule is CC(C)(C)c1nnc2n1C2.CC(C)(C)c1nnn2c1C2.CC(C)(C)n1nnc2c1C2.Cc1c(C(C)(C)C)nnn1C.Cc1nc(C(C)(C)C)n(C)n1.Cc1nc(C)n(C(C)(C)C)n1.Cc1nn(C(C)(C)C)c(C)c1C.Cc1nn(C(C)(C)C)c2c1C2.Cc1nnc(C(C)(C)C)n1C.Cc1nnn(C(C)(C)C)c1C.Cn1nc(C(C)(C)C)c2c1C2. The summed E-state index contributed by atoms with van der Waals surface area (Å²) in [5.74, 6) is 7.96. The van der Waals surface area contributed by atoms with Gasteiger partial charge in [-0.2, -0.15) is 25.5 Å². The molecule has 0 spiro atoms. The molecule has 0 N–H and O–H groups in total. The third-order valence-electron chi connectivity index (χ3n) is 20.2. The Morgan fingerprint density at radius 2 is 0.756 bits per heavy atom. The van der Waals surface area contributed by atoms with Gasteiger partial charge in [-0.1, -0.05) is 145 Å². The number of fused-ring (bicyclic) bond motifs is 5. The van der Waals surface area contributed by atoms with E-state index in [1.165, 1.54) is 75.1 Å². The second-order valence-electron chi connectivity index (χ2n) is 43.5. The van der Waals surface area contributed by atoms with Crippen molar-refractivity contribution in [1.29, 1.82) is 0 Å². The third kappa shape index (κ3) is 26.4. The highest BCUT2D eigenvalue weighted by Crippen LogP contribution is 2.38. The predicted octanol–water partition coefficient (Wildman–Crippen LogP) is 16.4. The van der Waals surface area contributed by atoms with Gasteiger partial charge in [0, 0.05) is 108 Å². The molecule has 119 heavy (non-hydrogen) atoms. The summed E-state index contributed by atoms with van der Waals surface area (Å²) in [6.45, 7) is 95.3. The number of aryl methyl sites for hydroxylation is 10. The fourth-order valence-corrected chi connectivity index (χ4v) is 13.2. The molecule has 16 rings (SSSR count). The minimum atomic E-state index is 0.0470. The van der Waals surface area contributed by atoms with Gasteiger partial charge in [0.2, 0.25) is 0 Å². The number of nitrogens with zero attached hydrogens (tertiary/aromatic N) is 30. The fourth-order valence-electron chi connectivity index (χ4n) is 13.2. The number of hydrogen-bond donors (Lipinski definition) is 0. The molecule has 0 saturated carbocycles. The normalized spacial score (nSPS) is 13.4. The van der Waals surface area contributed by atoms with E-state index in [9.17, 15) is 0 Å². The van der Waals surface area contributed by atoms with Gasteiger partial charge in [-0.25, -0.2) is 28.7 Å². The van der Waals surface area contributed by atoms with Crippen LogP contribution in [0.4, 0.5) is 0 Å². The van der Waals surface area contributed by atoms with Crippen molar-refractivity contribution >= 4 is 0 Å². The van der Waals surface area contributed by atoms with Crippen LogP contribution in [-0.4, -0.2) is 148 Å². The Morgan fingerprint density at radius 1 is 0.277 bits per heavy atom. The summed E-state index contributed by atoms with van der Waals surface area (Å²) in [7, 11) is 7.87. The minimum absolute atomic E-state index is 0.0470. The third-order valence-corrected chi connectivity index (χ3v) is 20.2. The van der Waals surface area contributed by atoms with E-state index in [2.05, 4.69) is 367 Å². The summed E-state index contributed by atoms with van der Waals surface area (Å²) in [6.07, 6.45) is 3.40. The lowest BCUT2D eigenvalue weighted by atomic mass is 9.91. The Hall–Kier alpha value is -9.25. The molecule has 5 aliphatic rings. The Bertz CT molecular complexity index is 4720. The van der Waals surface area contributed by atoms with Crippen LogP contribution >= 0.6 is 0 Å². The van der Waals surface area contributed by atoms with Crippen molar-refractivity contribution in [1.82, 2.24) is 148 Å². The van der Waals surface area contributed by atoms with Crippen LogP contribution in [-0.2, 0) is 121 Å². The molecular weight excluding hydrogens is 1490 g/mol. The van der Waals surface area contributed by atoms with Crippen molar-refractivity contribution in [3.05, 3.63) is 143 Å². The van der Waals surface area contributed by atoms with Crippen molar-refractivity contribution in [2.45, 2.75) is 397 Å².